The Hall–Kier alpha value is -2.06. The van der Waals surface area contributed by atoms with Crippen molar-refractivity contribution in [2.75, 3.05) is 12.9 Å². The molecule has 1 aromatic carbocycles. The molecule has 3 N–H and O–H groups in total. The van der Waals surface area contributed by atoms with Crippen molar-refractivity contribution in [2.45, 2.75) is 25.2 Å². The molecule has 0 bridgehead atoms. The zero-order valence-corrected chi connectivity index (χ0v) is 14.6. The second-order valence-electron chi connectivity index (χ2n) is 5.75. The zero-order valence-electron chi connectivity index (χ0n) is 13.7. The van der Waals surface area contributed by atoms with Crippen molar-refractivity contribution in [3.05, 3.63) is 30.3 Å². The number of hydrogen-bond donors (Lipinski definition) is 2. The average Bonchev–Trinajstić information content (AvgIpc) is 2.98. The molecule has 0 aromatic heterocycles. The van der Waals surface area contributed by atoms with Gasteiger partial charge in [-0.1, -0.05) is 18.2 Å². The van der Waals surface area contributed by atoms with E-state index in [4.69, 9.17) is 15.0 Å². The molecular weight excluding hydrogens is 345 g/mol. The maximum atomic E-state index is 12.1. The molecule has 2 aliphatic heterocycles. The lowest BCUT2D eigenvalue weighted by molar-refractivity contribution is 0.0819. The summed E-state index contributed by atoms with van der Waals surface area (Å²) in [6.07, 6.45) is 1.85. The normalized spacial score (nSPS) is 25.2. The Balaban J connectivity index is 1.50. The van der Waals surface area contributed by atoms with Gasteiger partial charge in [0.2, 0.25) is 0 Å². The summed E-state index contributed by atoms with van der Waals surface area (Å²) in [7, 11) is -3.90. The second-order valence-corrected chi connectivity index (χ2v) is 7.47. The Labute approximate surface area is 145 Å². The number of ether oxygens (including phenoxy) is 1. The van der Waals surface area contributed by atoms with E-state index in [1.165, 1.54) is 6.34 Å². The largest absolute Gasteiger partial charge is 0.423 e. The highest BCUT2D eigenvalue weighted by atomic mass is 31.2. The van der Waals surface area contributed by atoms with Crippen molar-refractivity contribution in [1.29, 1.82) is 0 Å². The summed E-state index contributed by atoms with van der Waals surface area (Å²) >= 11 is 0. The highest BCUT2D eigenvalue weighted by Crippen LogP contribution is 2.42. The van der Waals surface area contributed by atoms with Crippen LogP contribution in [0.2, 0.25) is 0 Å². The fourth-order valence-corrected chi connectivity index (χ4v) is 3.40. The van der Waals surface area contributed by atoms with E-state index >= 15 is 0 Å². The van der Waals surface area contributed by atoms with Crippen molar-refractivity contribution in [3.63, 3.8) is 0 Å². The van der Waals surface area contributed by atoms with Gasteiger partial charge in [-0.3, -0.25) is 9.98 Å². The molecule has 0 saturated heterocycles. The fourth-order valence-electron chi connectivity index (χ4n) is 2.45. The molecule has 25 heavy (non-hydrogen) atoms. The fraction of sp³-hybridized carbons (Fsp3) is 0.400. The van der Waals surface area contributed by atoms with Crippen LogP contribution in [-0.2, 0) is 9.30 Å². The van der Waals surface area contributed by atoms with Crippen LogP contribution in [0.25, 0.3) is 0 Å². The van der Waals surface area contributed by atoms with Crippen LogP contribution in [0.4, 0.5) is 0 Å². The van der Waals surface area contributed by atoms with Gasteiger partial charge in [0.1, 0.15) is 30.1 Å². The Morgan fingerprint density at radius 1 is 1.36 bits per heavy atom. The van der Waals surface area contributed by atoms with E-state index in [-0.39, 0.29) is 12.1 Å². The predicted molar refractivity (Wildman–Crippen MR) is 95.2 cm³/mol. The lowest BCUT2D eigenvalue weighted by Crippen LogP contribution is -2.45. The van der Waals surface area contributed by atoms with Gasteiger partial charge in [0, 0.05) is 0 Å². The molecule has 10 heteroatoms. The number of hydrogen-bond acceptors (Lipinski definition) is 8. The van der Waals surface area contributed by atoms with E-state index in [9.17, 15) is 9.46 Å². The maximum Gasteiger partial charge on any atom is 0.402 e. The van der Waals surface area contributed by atoms with Crippen LogP contribution in [0, 0.1) is 0 Å². The minimum atomic E-state index is -3.90. The van der Waals surface area contributed by atoms with Crippen LogP contribution in [0.15, 0.2) is 45.3 Å². The predicted octanol–water partition coefficient (Wildman–Crippen LogP) is 1.05. The van der Waals surface area contributed by atoms with Gasteiger partial charge in [-0.2, -0.15) is 0 Å². The molecule has 0 spiro atoms. The first-order valence-electron chi connectivity index (χ1n) is 7.77. The number of fused-ring (bicyclic) bond motifs is 1. The van der Waals surface area contributed by atoms with E-state index in [2.05, 4.69) is 15.0 Å². The molecule has 0 amide bonds. The number of rotatable bonds is 7. The van der Waals surface area contributed by atoms with Crippen LogP contribution < -0.4 is 10.3 Å². The number of amidine groups is 1. The monoisotopic (exact) mass is 365 g/mol. The molecule has 2 heterocycles. The molecule has 2 aliphatic rings. The van der Waals surface area contributed by atoms with Crippen molar-refractivity contribution < 1.29 is 18.7 Å². The minimum absolute atomic E-state index is 0.289. The molecule has 0 aliphatic carbocycles. The molecule has 0 radical (unpaired) electrons. The molecule has 0 saturated carbocycles. The third kappa shape index (κ3) is 4.52. The Morgan fingerprint density at radius 3 is 2.88 bits per heavy atom. The molecule has 134 valence electrons. The lowest BCUT2D eigenvalue weighted by atomic mass is 10.2. The quantitative estimate of drug-likeness (QED) is 0.697. The summed E-state index contributed by atoms with van der Waals surface area (Å²) in [6.45, 7) is 2.21. The van der Waals surface area contributed by atoms with E-state index in [0.717, 1.165) is 0 Å². The first-order chi connectivity index (χ1) is 11.9. The first-order valence-corrected chi connectivity index (χ1v) is 9.54. The van der Waals surface area contributed by atoms with Crippen molar-refractivity contribution >= 4 is 26.1 Å². The van der Waals surface area contributed by atoms with Gasteiger partial charge in [0.15, 0.2) is 6.35 Å². The lowest BCUT2D eigenvalue weighted by Gasteiger charge is -2.25. The highest BCUT2D eigenvalue weighted by molar-refractivity contribution is 7.53. The summed E-state index contributed by atoms with van der Waals surface area (Å²) in [4.78, 5) is 24.2. The molecule has 1 aromatic rings. The highest BCUT2D eigenvalue weighted by Gasteiger charge is 2.33. The van der Waals surface area contributed by atoms with E-state index < -0.39 is 20.1 Å². The summed E-state index contributed by atoms with van der Waals surface area (Å²) < 4.78 is 22.7. The van der Waals surface area contributed by atoms with Crippen molar-refractivity contribution in [2.24, 2.45) is 20.7 Å². The second kappa shape index (κ2) is 7.45. The van der Waals surface area contributed by atoms with Crippen LogP contribution in [0.5, 0.6) is 5.75 Å². The summed E-state index contributed by atoms with van der Waals surface area (Å²) in [5.41, 5.74) is 5.87. The number of para-hydroxylation sites is 1. The minimum Gasteiger partial charge on any atom is -0.423 e. The number of nitrogens with zero attached hydrogens (tertiary/aromatic N) is 4. The van der Waals surface area contributed by atoms with Gasteiger partial charge in [0.25, 0.3) is 0 Å². The van der Waals surface area contributed by atoms with Crippen molar-refractivity contribution in [1.82, 2.24) is 4.90 Å². The smallest absolute Gasteiger partial charge is 0.402 e. The molecular formula is C15H20N5O4P. The number of nitrogens with two attached hydrogens (primary N) is 1. The standard InChI is InChI=1S/C15H20N5O4P/c1-11(7-20-9-19-13-14(16)17-8-18-15(13)20)23-10-25(21,22)24-12-5-3-2-4-6-12/h2-6,8-9,11,13-14H,7,10,16H2,1H3,(H,21,22)/t11-,13?,14?/m1/s1. The van der Waals surface area contributed by atoms with Crippen LogP contribution in [-0.4, -0.2) is 59.5 Å². The van der Waals surface area contributed by atoms with Crippen LogP contribution in [0.3, 0.4) is 0 Å². The SMILES string of the molecule is C[C@H](CN1C=NC2C1=NC=NC2N)OCP(=O)(O)Oc1ccccc1. The summed E-state index contributed by atoms with van der Waals surface area (Å²) in [5, 5.41) is 0. The third-order valence-electron chi connectivity index (χ3n) is 3.65. The maximum absolute atomic E-state index is 12.1. The van der Waals surface area contributed by atoms with Crippen LogP contribution in [0.1, 0.15) is 6.92 Å². The molecule has 4 atom stereocenters. The molecule has 3 rings (SSSR count). The van der Waals surface area contributed by atoms with Gasteiger partial charge < -0.3 is 24.8 Å². The van der Waals surface area contributed by atoms with Gasteiger partial charge in [-0.25, -0.2) is 9.56 Å². The molecule has 9 nitrogen and oxygen atoms in total. The Bertz CT molecular complexity index is 739. The van der Waals surface area contributed by atoms with Crippen LogP contribution >= 0.6 is 7.60 Å². The summed E-state index contributed by atoms with van der Waals surface area (Å²) in [5.74, 6) is 1.02. The third-order valence-corrected chi connectivity index (χ3v) is 4.62. The topological polar surface area (TPSA) is 122 Å². The first kappa shape index (κ1) is 17.8. The van der Waals surface area contributed by atoms with Crippen molar-refractivity contribution in [3.8, 4) is 5.75 Å². The summed E-state index contributed by atoms with van der Waals surface area (Å²) in [6, 6.07) is 8.17. The van der Waals surface area contributed by atoms with Gasteiger partial charge in [0.05, 0.1) is 19.0 Å². The Kier molecular flexibility index (Phi) is 5.29. The van der Waals surface area contributed by atoms with Gasteiger partial charge >= 0.3 is 7.60 Å². The van der Waals surface area contributed by atoms with Gasteiger partial charge in [-0.05, 0) is 19.1 Å². The number of benzene rings is 1. The van der Waals surface area contributed by atoms with Gasteiger partial charge in [-0.15, -0.1) is 0 Å². The van der Waals surface area contributed by atoms with E-state index in [0.29, 0.717) is 18.1 Å². The molecule has 3 unspecified atom stereocenters. The Morgan fingerprint density at radius 2 is 2.12 bits per heavy atom. The van der Waals surface area contributed by atoms with E-state index in [1.807, 2.05) is 0 Å². The molecule has 0 fully saturated rings. The zero-order chi connectivity index (χ0) is 17.9. The van der Waals surface area contributed by atoms with E-state index in [1.54, 1.807) is 48.5 Å². The number of aliphatic imine (C=N–C) groups is 3. The average molecular weight is 365 g/mol.